The summed E-state index contributed by atoms with van der Waals surface area (Å²) in [4.78, 5) is 21.4. The molecule has 18 heavy (non-hydrogen) atoms. The average Bonchev–Trinajstić information content (AvgIpc) is 2.35. The number of hydrogen-bond acceptors (Lipinski definition) is 4. The van der Waals surface area contributed by atoms with E-state index in [1.807, 2.05) is 0 Å². The minimum Gasteiger partial charge on any atom is -0.478 e. The van der Waals surface area contributed by atoms with E-state index in [1.165, 1.54) is 13.2 Å². The Morgan fingerprint density at radius 2 is 2.17 bits per heavy atom. The maximum absolute atomic E-state index is 11.0. The van der Waals surface area contributed by atoms with Crippen LogP contribution in [0.1, 0.15) is 17.5 Å². The number of nitrogen functional groups attached to an aromatic ring is 1. The van der Waals surface area contributed by atoms with Crippen molar-refractivity contribution in [2.75, 3.05) is 12.8 Å². The van der Waals surface area contributed by atoms with Crippen LogP contribution in [0.25, 0.3) is 6.08 Å². The maximum atomic E-state index is 11.0. The molecule has 3 N–H and O–H groups in total. The molecule has 5 nitrogen and oxygen atoms in total. The molecule has 0 aliphatic heterocycles. The van der Waals surface area contributed by atoms with Crippen molar-refractivity contribution in [2.45, 2.75) is 12.8 Å². The molecular formula is C13H15NO4. The summed E-state index contributed by atoms with van der Waals surface area (Å²) in [6.07, 6.45) is 3.26. The average molecular weight is 249 g/mol. The number of benzene rings is 1. The van der Waals surface area contributed by atoms with E-state index in [0.29, 0.717) is 17.7 Å². The Morgan fingerprint density at radius 3 is 2.78 bits per heavy atom. The highest BCUT2D eigenvalue weighted by atomic mass is 16.5. The van der Waals surface area contributed by atoms with E-state index in [-0.39, 0.29) is 12.4 Å². The summed E-state index contributed by atoms with van der Waals surface area (Å²) in [5.74, 6) is -1.32. The lowest BCUT2D eigenvalue weighted by Gasteiger charge is -2.05. The van der Waals surface area contributed by atoms with Gasteiger partial charge in [0, 0.05) is 18.2 Å². The smallest absolute Gasteiger partial charge is 0.328 e. The Balaban J connectivity index is 2.80. The predicted octanol–water partition coefficient (Wildman–Crippen LogP) is 1.47. The number of carboxylic acid groups (broad SMARTS) is 1. The molecule has 1 aromatic carbocycles. The fraction of sp³-hybridized carbons (Fsp3) is 0.231. The first-order valence-corrected chi connectivity index (χ1v) is 5.39. The zero-order valence-corrected chi connectivity index (χ0v) is 10.1. The summed E-state index contributed by atoms with van der Waals surface area (Å²) in [6, 6.07) is 5.25. The van der Waals surface area contributed by atoms with E-state index >= 15 is 0 Å². The van der Waals surface area contributed by atoms with Crippen molar-refractivity contribution in [1.82, 2.24) is 0 Å². The molecule has 0 unspecified atom stereocenters. The van der Waals surface area contributed by atoms with Crippen molar-refractivity contribution in [3.8, 4) is 0 Å². The Bertz CT molecular complexity index is 480. The molecule has 0 spiro atoms. The highest BCUT2D eigenvalue weighted by molar-refractivity contribution is 5.86. The second-order valence-corrected chi connectivity index (χ2v) is 3.71. The lowest BCUT2D eigenvalue weighted by molar-refractivity contribution is -0.140. The van der Waals surface area contributed by atoms with Gasteiger partial charge in [-0.2, -0.15) is 0 Å². The number of esters is 1. The Labute approximate surface area is 105 Å². The van der Waals surface area contributed by atoms with Crippen molar-refractivity contribution >= 4 is 23.7 Å². The van der Waals surface area contributed by atoms with Crippen LogP contribution in [0.2, 0.25) is 0 Å². The third-order valence-corrected chi connectivity index (χ3v) is 2.40. The van der Waals surface area contributed by atoms with Crippen LogP contribution in [0.4, 0.5) is 5.69 Å². The van der Waals surface area contributed by atoms with Gasteiger partial charge in [0.25, 0.3) is 0 Å². The molecule has 0 fully saturated rings. The van der Waals surface area contributed by atoms with Gasteiger partial charge in [0.05, 0.1) is 7.11 Å². The van der Waals surface area contributed by atoms with Crippen molar-refractivity contribution in [3.05, 3.63) is 35.4 Å². The van der Waals surface area contributed by atoms with Crippen molar-refractivity contribution in [2.24, 2.45) is 0 Å². The summed E-state index contributed by atoms with van der Waals surface area (Å²) in [6.45, 7) is 0. The van der Waals surface area contributed by atoms with Crippen molar-refractivity contribution in [1.29, 1.82) is 0 Å². The van der Waals surface area contributed by atoms with E-state index in [2.05, 4.69) is 4.74 Å². The summed E-state index contributed by atoms with van der Waals surface area (Å²) in [7, 11) is 1.34. The zero-order chi connectivity index (χ0) is 13.5. The van der Waals surface area contributed by atoms with Gasteiger partial charge < -0.3 is 15.6 Å². The topological polar surface area (TPSA) is 89.6 Å². The molecule has 0 aromatic heterocycles. The van der Waals surface area contributed by atoms with Gasteiger partial charge in [-0.25, -0.2) is 4.79 Å². The maximum Gasteiger partial charge on any atom is 0.328 e. The van der Waals surface area contributed by atoms with Crippen LogP contribution in [0.3, 0.4) is 0 Å². The lowest BCUT2D eigenvalue weighted by atomic mass is 10.0. The predicted molar refractivity (Wildman–Crippen MR) is 67.9 cm³/mol. The van der Waals surface area contributed by atoms with Crippen LogP contribution in [0.15, 0.2) is 24.3 Å². The first kappa shape index (κ1) is 13.8. The number of aliphatic carboxylic acids is 1. The lowest BCUT2D eigenvalue weighted by Crippen LogP contribution is -2.02. The van der Waals surface area contributed by atoms with Gasteiger partial charge in [-0.05, 0) is 35.8 Å². The molecule has 0 bridgehead atoms. The number of nitrogens with two attached hydrogens (primary N) is 1. The Hall–Kier alpha value is -2.30. The van der Waals surface area contributed by atoms with Gasteiger partial charge in [0.15, 0.2) is 0 Å². The molecule has 1 rings (SSSR count). The molecular weight excluding hydrogens is 234 g/mol. The minimum absolute atomic E-state index is 0.280. The SMILES string of the molecule is COC(=O)CCc1ccc(N)c(C=CC(=O)O)c1. The molecule has 0 atom stereocenters. The number of rotatable bonds is 5. The Morgan fingerprint density at radius 1 is 1.44 bits per heavy atom. The number of methoxy groups -OCH3 is 1. The molecule has 96 valence electrons. The van der Waals surface area contributed by atoms with Gasteiger partial charge in [0.2, 0.25) is 0 Å². The summed E-state index contributed by atoms with van der Waals surface area (Å²) in [5, 5.41) is 8.55. The van der Waals surface area contributed by atoms with E-state index < -0.39 is 5.97 Å². The molecule has 0 aliphatic carbocycles. The second-order valence-electron chi connectivity index (χ2n) is 3.71. The normalized spacial score (nSPS) is 10.5. The van der Waals surface area contributed by atoms with E-state index in [4.69, 9.17) is 10.8 Å². The molecule has 5 heteroatoms. The summed E-state index contributed by atoms with van der Waals surface area (Å²) < 4.78 is 4.55. The first-order valence-electron chi connectivity index (χ1n) is 5.39. The van der Waals surface area contributed by atoms with Gasteiger partial charge in [0.1, 0.15) is 0 Å². The molecule has 0 radical (unpaired) electrons. The highest BCUT2D eigenvalue weighted by Crippen LogP contribution is 2.17. The van der Waals surface area contributed by atoms with Crippen molar-refractivity contribution < 1.29 is 19.4 Å². The number of carbonyl (C=O) groups is 2. The van der Waals surface area contributed by atoms with Crippen molar-refractivity contribution in [3.63, 3.8) is 0 Å². The molecule has 0 aliphatic rings. The molecule has 0 heterocycles. The van der Waals surface area contributed by atoms with Gasteiger partial charge in [-0.3, -0.25) is 4.79 Å². The third-order valence-electron chi connectivity index (χ3n) is 2.40. The highest BCUT2D eigenvalue weighted by Gasteiger charge is 2.03. The monoisotopic (exact) mass is 249 g/mol. The number of hydrogen-bond donors (Lipinski definition) is 2. The number of carbonyl (C=O) groups excluding carboxylic acids is 1. The van der Waals surface area contributed by atoms with Gasteiger partial charge in [-0.1, -0.05) is 6.07 Å². The van der Waals surface area contributed by atoms with Crippen LogP contribution in [-0.2, 0) is 20.7 Å². The molecule has 0 saturated carbocycles. The number of ether oxygens (including phenoxy) is 1. The van der Waals surface area contributed by atoms with E-state index in [9.17, 15) is 9.59 Å². The Kier molecular flexibility index (Phi) is 4.92. The third kappa shape index (κ3) is 4.29. The zero-order valence-electron chi connectivity index (χ0n) is 10.1. The van der Waals surface area contributed by atoms with Gasteiger partial charge >= 0.3 is 11.9 Å². The summed E-state index contributed by atoms with van der Waals surface area (Å²) in [5.41, 5.74) is 7.74. The molecule has 0 saturated heterocycles. The van der Waals surface area contributed by atoms with Crippen LogP contribution < -0.4 is 5.73 Å². The fourth-order valence-corrected chi connectivity index (χ4v) is 1.43. The standard InChI is InChI=1S/C13H15NO4/c1-18-13(17)7-3-9-2-5-11(14)10(8-9)4-6-12(15)16/h2,4-6,8H,3,7,14H2,1H3,(H,15,16). The molecule has 1 aromatic rings. The van der Waals surface area contributed by atoms with Crippen LogP contribution in [0, 0.1) is 0 Å². The van der Waals surface area contributed by atoms with E-state index in [1.54, 1.807) is 18.2 Å². The minimum atomic E-state index is -1.03. The second kappa shape index (κ2) is 6.44. The number of carboxylic acids is 1. The largest absolute Gasteiger partial charge is 0.478 e. The first-order chi connectivity index (χ1) is 8.52. The van der Waals surface area contributed by atoms with Crippen LogP contribution in [-0.4, -0.2) is 24.2 Å². The van der Waals surface area contributed by atoms with Gasteiger partial charge in [-0.15, -0.1) is 0 Å². The number of anilines is 1. The van der Waals surface area contributed by atoms with E-state index in [0.717, 1.165) is 11.6 Å². The van der Waals surface area contributed by atoms with Crippen LogP contribution in [0.5, 0.6) is 0 Å². The number of aryl methyl sites for hydroxylation is 1. The quantitative estimate of drug-likeness (QED) is 0.468. The summed E-state index contributed by atoms with van der Waals surface area (Å²) >= 11 is 0. The van der Waals surface area contributed by atoms with Crippen LogP contribution >= 0.6 is 0 Å². The fourth-order valence-electron chi connectivity index (χ4n) is 1.43. The molecule has 0 amide bonds.